The average Bonchev–Trinajstić information content (AvgIpc) is 2.43. The summed E-state index contributed by atoms with van der Waals surface area (Å²) in [7, 11) is -3.20. The van der Waals surface area contributed by atoms with Crippen molar-refractivity contribution in [1.29, 1.82) is 0 Å². The molecule has 0 saturated heterocycles. The van der Waals surface area contributed by atoms with Gasteiger partial charge in [0.25, 0.3) is 5.16 Å². The Morgan fingerprint density at radius 3 is 2.52 bits per heavy atom. The summed E-state index contributed by atoms with van der Waals surface area (Å²) in [6.45, 7) is 3.34. The molecule has 0 fully saturated rings. The Hall–Kier alpha value is -1.78. The largest absolute Gasteiger partial charge is 0.477 e. The monoisotopic (exact) mass is 319 g/mol. The second-order valence-electron chi connectivity index (χ2n) is 4.52. The van der Waals surface area contributed by atoms with E-state index in [0.717, 1.165) is 13.3 Å². The van der Waals surface area contributed by atoms with Crippen LogP contribution in [0.25, 0.3) is 0 Å². The summed E-state index contributed by atoms with van der Waals surface area (Å²) < 4.78 is 27.4. The first-order valence-corrected chi connectivity index (χ1v) is 7.42. The lowest BCUT2D eigenvalue weighted by molar-refractivity contribution is 0.0696. The van der Waals surface area contributed by atoms with Crippen molar-refractivity contribution in [2.24, 2.45) is 5.92 Å². The molecule has 0 bridgehead atoms. The molecule has 0 radical (unpaired) electrons. The van der Waals surface area contributed by atoms with Gasteiger partial charge in [0, 0.05) is 6.20 Å². The molecule has 1 rings (SSSR count). The number of aromatic carboxylic acids is 1. The van der Waals surface area contributed by atoms with Crippen LogP contribution in [0.1, 0.15) is 24.2 Å². The zero-order chi connectivity index (χ0) is 16.2. The number of hydrogen-bond acceptors (Lipinski definition) is 8. The molecule has 1 aromatic heterocycles. The van der Waals surface area contributed by atoms with Crippen molar-refractivity contribution in [2.75, 3.05) is 19.0 Å². The SMILES string of the molecule is COS(=O)(=O)c1ncc(C(=O)O)c(N[C@@H](CO)C(C)C)n1. The summed E-state index contributed by atoms with van der Waals surface area (Å²) in [5.74, 6) is -1.55. The normalized spacial score (nSPS) is 13.2. The van der Waals surface area contributed by atoms with Crippen LogP contribution in [-0.2, 0) is 14.3 Å². The smallest absolute Gasteiger partial charge is 0.341 e. The second-order valence-corrected chi connectivity index (χ2v) is 6.12. The van der Waals surface area contributed by atoms with Gasteiger partial charge in [-0.05, 0) is 5.92 Å². The minimum absolute atomic E-state index is 0.0332. The zero-order valence-corrected chi connectivity index (χ0v) is 12.6. The summed E-state index contributed by atoms with van der Waals surface area (Å²) in [4.78, 5) is 18.3. The van der Waals surface area contributed by atoms with Crippen molar-refractivity contribution in [1.82, 2.24) is 9.97 Å². The molecular weight excluding hydrogens is 302 g/mol. The predicted octanol–water partition coefficient (Wildman–Crippen LogP) is -0.0613. The van der Waals surface area contributed by atoms with Crippen molar-refractivity contribution in [3.05, 3.63) is 11.8 Å². The van der Waals surface area contributed by atoms with Crippen LogP contribution in [0.15, 0.2) is 11.4 Å². The van der Waals surface area contributed by atoms with Crippen LogP contribution in [0.5, 0.6) is 0 Å². The molecule has 1 aromatic rings. The number of anilines is 1. The van der Waals surface area contributed by atoms with Crippen LogP contribution in [-0.4, -0.2) is 54.3 Å². The maximum Gasteiger partial charge on any atom is 0.341 e. The van der Waals surface area contributed by atoms with Gasteiger partial charge in [-0.2, -0.15) is 13.4 Å². The highest BCUT2D eigenvalue weighted by atomic mass is 32.2. The number of nitrogens with zero attached hydrogens (tertiary/aromatic N) is 2. The molecule has 0 aliphatic heterocycles. The lowest BCUT2D eigenvalue weighted by atomic mass is 10.1. The first kappa shape index (κ1) is 17.3. The molecule has 1 atom stereocenters. The second kappa shape index (κ2) is 6.78. The van der Waals surface area contributed by atoms with Gasteiger partial charge in [-0.25, -0.2) is 9.78 Å². The van der Waals surface area contributed by atoms with Gasteiger partial charge >= 0.3 is 16.1 Å². The van der Waals surface area contributed by atoms with Crippen LogP contribution in [0.2, 0.25) is 0 Å². The first-order valence-electron chi connectivity index (χ1n) is 6.01. The molecule has 0 aliphatic rings. The Bertz CT molecular complexity index is 616. The summed E-state index contributed by atoms with van der Waals surface area (Å²) in [6.07, 6.45) is 0.873. The summed E-state index contributed by atoms with van der Waals surface area (Å²) in [6, 6.07) is -0.490. The molecule has 10 heteroatoms. The van der Waals surface area contributed by atoms with Crippen molar-refractivity contribution < 1.29 is 27.6 Å². The summed E-state index contributed by atoms with van der Waals surface area (Å²) in [5.41, 5.74) is -0.302. The van der Waals surface area contributed by atoms with Crippen LogP contribution in [0.4, 0.5) is 5.82 Å². The third kappa shape index (κ3) is 4.09. The molecule has 0 aliphatic carbocycles. The Kier molecular flexibility index (Phi) is 5.58. The first-order chi connectivity index (χ1) is 9.72. The molecule has 0 saturated carbocycles. The van der Waals surface area contributed by atoms with Crippen molar-refractivity contribution in [3.63, 3.8) is 0 Å². The Balaban J connectivity index is 3.31. The van der Waals surface area contributed by atoms with E-state index >= 15 is 0 Å². The van der Waals surface area contributed by atoms with Crippen LogP contribution < -0.4 is 5.32 Å². The Morgan fingerprint density at radius 2 is 2.10 bits per heavy atom. The van der Waals surface area contributed by atoms with Crippen molar-refractivity contribution in [2.45, 2.75) is 25.0 Å². The van der Waals surface area contributed by atoms with Gasteiger partial charge in [0.05, 0.1) is 19.8 Å². The maximum absolute atomic E-state index is 11.6. The van der Waals surface area contributed by atoms with Crippen LogP contribution >= 0.6 is 0 Å². The number of carboxylic acid groups (broad SMARTS) is 1. The van der Waals surface area contributed by atoms with Gasteiger partial charge in [0.1, 0.15) is 11.4 Å². The van der Waals surface area contributed by atoms with E-state index in [1.165, 1.54) is 0 Å². The lowest BCUT2D eigenvalue weighted by Gasteiger charge is -2.21. The van der Waals surface area contributed by atoms with E-state index in [1.807, 2.05) is 13.8 Å². The predicted molar refractivity (Wildman–Crippen MR) is 72.5 cm³/mol. The molecule has 118 valence electrons. The molecule has 0 unspecified atom stereocenters. The number of carbonyl (C=O) groups is 1. The van der Waals surface area contributed by atoms with Crippen LogP contribution in [0, 0.1) is 5.92 Å². The molecule has 1 heterocycles. The van der Waals surface area contributed by atoms with E-state index in [4.69, 9.17) is 5.11 Å². The fourth-order valence-corrected chi connectivity index (χ4v) is 1.96. The van der Waals surface area contributed by atoms with E-state index < -0.39 is 27.3 Å². The van der Waals surface area contributed by atoms with E-state index in [2.05, 4.69) is 19.5 Å². The van der Waals surface area contributed by atoms with Crippen molar-refractivity contribution in [3.8, 4) is 0 Å². The minimum atomic E-state index is -4.14. The van der Waals surface area contributed by atoms with Gasteiger partial charge < -0.3 is 15.5 Å². The standard InChI is InChI=1S/C11H17N3O6S/c1-6(2)8(5-15)13-9-7(10(16)17)4-12-11(14-9)21(18,19)20-3/h4,6,8,15H,5H2,1-3H3,(H,16,17)(H,12,13,14)/t8-/m0/s1. The number of carboxylic acids is 1. The third-order valence-electron chi connectivity index (χ3n) is 2.76. The quantitative estimate of drug-likeness (QED) is 0.465. The van der Waals surface area contributed by atoms with Gasteiger partial charge in [-0.15, -0.1) is 0 Å². The number of aliphatic hydroxyl groups is 1. The van der Waals surface area contributed by atoms with Gasteiger partial charge in [0.15, 0.2) is 0 Å². The molecule has 0 amide bonds. The number of hydrogen-bond donors (Lipinski definition) is 3. The highest BCUT2D eigenvalue weighted by molar-refractivity contribution is 7.86. The zero-order valence-electron chi connectivity index (χ0n) is 11.8. The minimum Gasteiger partial charge on any atom is -0.477 e. The topological polar surface area (TPSA) is 139 Å². The number of nitrogens with one attached hydrogen (secondary N) is 1. The highest BCUT2D eigenvalue weighted by Crippen LogP contribution is 2.18. The lowest BCUT2D eigenvalue weighted by Crippen LogP contribution is -2.31. The summed E-state index contributed by atoms with van der Waals surface area (Å²) >= 11 is 0. The highest BCUT2D eigenvalue weighted by Gasteiger charge is 2.23. The van der Waals surface area contributed by atoms with Gasteiger partial charge in [-0.3, -0.25) is 4.18 Å². The summed E-state index contributed by atoms with van der Waals surface area (Å²) in [5, 5.41) is 20.4. The number of aromatic nitrogens is 2. The van der Waals surface area contributed by atoms with Gasteiger partial charge in [0.2, 0.25) is 0 Å². The molecule has 3 N–H and O–H groups in total. The third-order valence-corrected chi connectivity index (χ3v) is 3.85. The van der Waals surface area contributed by atoms with Gasteiger partial charge in [-0.1, -0.05) is 13.8 Å². The Morgan fingerprint density at radius 1 is 1.48 bits per heavy atom. The maximum atomic E-state index is 11.6. The van der Waals surface area contributed by atoms with E-state index in [9.17, 15) is 18.3 Å². The van der Waals surface area contributed by atoms with Crippen molar-refractivity contribution >= 4 is 21.9 Å². The molecule has 0 aromatic carbocycles. The Labute approximate surface area is 122 Å². The number of rotatable bonds is 7. The van der Waals surface area contributed by atoms with E-state index in [1.54, 1.807) is 0 Å². The van der Waals surface area contributed by atoms with E-state index in [-0.39, 0.29) is 23.9 Å². The average molecular weight is 319 g/mol. The molecule has 21 heavy (non-hydrogen) atoms. The van der Waals surface area contributed by atoms with Crippen LogP contribution in [0.3, 0.4) is 0 Å². The molecular formula is C11H17N3O6S. The fraction of sp³-hybridized carbons (Fsp3) is 0.545. The molecule has 0 spiro atoms. The fourth-order valence-electron chi connectivity index (χ4n) is 1.43. The number of aliphatic hydroxyl groups excluding tert-OH is 1. The molecule has 9 nitrogen and oxygen atoms in total. The van der Waals surface area contributed by atoms with E-state index in [0.29, 0.717) is 0 Å².